The number of aryl methyl sites for hydroxylation is 1. The van der Waals surface area contributed by atoms with Crippen molar-refractivity contribution in [3.8, 4) is 11.1 Å². The van der Waals surface area contributed by atoms with E-state index in [0.29, 0.717) is 0 Å². The Kier molecular flexibility index (Phi) is 4.00. The lowest BCUT2D eigenvalue weighted by Gasteiger charge is -2.14. The van der Waals surface area contributed by atoms with Gasteiger partial charge in [0.05, 0.1) is 17.2 Å². The highest BCUT2D eigenvalue weighted by Gasteiger charge is 2.18. The van der Waals surface area contributed by atoms with Crippen molar-refractivity contribution in [2.75, 3.05) is 11.9 Å². The number of nitrogens with zero attached hydrogens (tertiary/aromatic N) is 3. The lowest BCUT2D eigenvalue weighted by Crippen LogP contribution is -2.34. The highest BCUT2D eigenvalue weighted by Crippen LogP contribution is 2.25. The summed E-state index contributed by atoms with van der Waals surface area (Å²) in [5.41, 5.74) is 2.25. The molecule has 3 heterocycles. The monoisotopic (exact) mass is 337 g/mol. The molecule has 1 fully saturated rings. The van der Waals surface area contributed by atoms with Gasteiger partial charge in [-0.2, -0.15) is 5.10 Å². The van der Waals surface area contributed by atoms with Crippen molar-refractivity contribution in [1.82, 2.24) is 20.1 Å². The molecule has 122 valence electrons. The fourth-order valence-electron chi connectivity index (χ4n) is 3.08. The summed E-state index contributed by atoms with van der Waals surface area (Å²) < 4.78 is 1.81. The van der Waals surface area contributed by atoms with Crippen molar-refractivity contribution < 1.29 is 0 Å². The van der Waals surface area contributed by atoms with Crippen molar-refractivity contribution in [2.24, 2.45) is 7.05 Å². The molecule has 2 N–H and O–H groups in total. The average molecular weight is 337 g/mol. The molecular formula is C18H19N5S. The fraction of sp³-hybridized carbons (Fsp3) is 0.278. The van der Waals surface area contributed by atoms with E-state index in [0.717, 1.165) is 45.7 Å². The quantitative estimate of drug-likeness (QED) is 0.719. The molecule has 4 rings (SSSR count). The minimum absolute atomic E-state index is 0.263. The summed E-state index contributed by atoms with van der Waals surface area (Å²) in [7, 11) is 1.93. The van der Waals surface area contributed by atoms with Crippen LogP contribution in [0.15, 0.2) is 42.9 Å². The molecule has 5 nitrogen and oxygen atoms in total. The minimum atomic E-state index is 0.263. The molecule has 1 atom stereocenters. The van der Waals surface area contributed by atoms with E-state index < -0.39 is 0 Å². The Labute approximate surface area is 146 Å². The van der Waals surface area contributed by atoms with Crippen LogP contribution >= 0.6 is 12.2 Å². The van der Waals surface area contributed by atoms with Gasteiger partial charge in [-0.1, -0.05) is 24.4 Å². The Morgan fingerprint density at radius 2 is 2.17 bits per heavy atom. The normalized spacial score (nSPS) is 17.3. The molecule has 1 aromatic carbocycles. The van der Waals surface area contributed by atoms with Crippen molar-refractivity contribution in [2.45, 2.75) is 18.9 Å². The predicted molar refractivity (Wildman–Crippen MR) is 101 cm³/mol. The van der Waals surface area contributed by atoms with E-state index >= 15 is 0 Å². The molecule has 0 spiro atoms. The number of fused-ring (bicyclic) bond motifs is 1. The van der Waals surface area contributed by atoms with Crippen molar-refractivity contribution in [1.29, 1.82) is 0 Å². The number of hydrogen-bond acceptors (Lipinski definition) is 4. The van der Waals surface area contributed by atoms with E-state index in [1.807, 2.05) is 30.3 Å². The van der Waals surface area contributed by atoms with E-state index in [4.69, 9.17) is 12.2 Å². The highest BCUT2D eigenvalue weighted by atomic mass is 32.1. The first-order valence-corrected chi connectivity index (χ1v) is 8.53. The van der Waals surface area contributed by atoms with E-state index in [1.165, 1.54) is 6.42 Å². The number of thiocarbonyl (C=S) groups is 1. The van der Waals surface area contributed by atoms with Crippen LogP contribution in [0, 0.1) is 0 Å². The van der Waals surface area contributed by atoms with Crippen molar-refractivity contribution in [3.63, 3.8) is 0 Å². The topological polar surface area (TPSA) is 54.8 Å². The minimum Gasteiger partial charge on any atom is -0.333 e. The summed E-state index contributed by atoms with van der Waals surface area (Å²) in [6.45, 7) is 1.03. The number of aromatic nitrogens is 3. The molecule has 2 aromatic heterocycles. The molecule has 3 aromatic rings. The summed E-state index contributed by atoms with van der Waals surface area (Å²) in [6.07, 6.45) is 8.04. The van der Waals surface area contributed by atoms with Crippen molar-refractivity contribution >= 4 is 33.8 Å². The van der Waals surface area contributed by atoms with Gasteiger partial charge in [-0.25, -0.2) is 4.98 Å². The standard InChI is InChI=1S/C18H19N5S/c1-23-11-15(10-21-23)12-4-5-13-9-20-17(8-14(13)7-12)22-18(24)16-3-2-6-19-16/h4-5,7-11,16,19H,2-3,6H2,1H3,(H,20,22,24). The van der Waals surface area contributed by atoms with Gasteiger partial charge in [-0.05, 0) is 42.5 Å². The first kappa shape index (κ1) is 15.2. The molecule has 1 aliphatic rings. The van der Waals surface area contributed by atoms with Crippen LogP contribution in [0.4, 0.5) is 5.82 Å². The van der Waals surface area contributed by atoms with Crippen LogP contribution in [0.25, 0.3) is 21.9 Å². The molecule has 24 heavy (non-hydrogen) atoms. The third-order valence-electron chi connectivity index (χ3n) is 4.39. The fourth-order valence-corrected chi connectivity index (χ4v) is 3.39. The predicted octanol–water partition coefficient (Wildman–Crippen LogP) is 3.13. The van der Waals surface area contributed by atoms with Gasteiger partial charge in [0.25, 0.3) is 0 Å². The zero-order valence-corrected chi connectivity index (χ0v) is 14.3. The molecule has 0 amide bonds. The highest BCUT2D eigenvalue weighted by molar-refractivity contribution is 7.80. The van der Waals surface area contributed by atoms with Gasteiger partial charge >= 0.3 is 0 Å². The Morgan fingerprint density at radius 1 is 1.25 bits per heavy atom. The Balaban J connectivity index is 1.62. The van der Waals surface area contributed by atoms with Crippen LogP contribution in [-0.4, -0.2) is 32.3 Å². The van der Waals surface area contributed by atoms with E-state index in [2.05, 4.69) is 45.0 Å². The Bertz CT molecular complexity index is 895. The smallest absolute Gasteiger partial charge is 0.131 e. The second kappa shape index (κ2) is 6.30. The summed E-state index contributed by atoms with van der Waals surface area (Å²) >= 11 is 5.50. The lowest BCUT2D eigenvalue weighted by atomic mass is 10.1. The summed E-state index contributed by atoms with van der Waals surface area (Å²) in [5.74, 6) is 0.796. The SMILES string of the molecule is Cn1cc(-c2ccc3cnc(NC(=S)C4CCCN4)cc3c2)cn1. The molecule has 1 unspecified atom stereocenters. The average Bonchev–Trinajstić information content (AvgIpc) is 3.25. The summed E-state index contributed by atoms with van der Waals surface area (Å²) in [6, 6.07) is 8.66. The van der Waals surface area contributed by atoms with E-state index in [1.54, 1.807) is 0 Å². The second-order valence-corrected chi connectivity index (χ2v) is 6.61. The van der Waals surface area contributed by atoms with Crippen LogP contribution < -0.4 is 10.6 Å². The number of anilines is 1. The molecule has 1 saturated heterocycles. The molecule has 0 radical (unpaired) electrons. The number of nitrogens with one attached hydrogen (secondary N) is 2. The van der Waals surface area contributed by atoms with Gasteiger partial charge in [0.15, 0.2) is 0 Å². The van der Waals surface area contributed by atoms with Crippen LogP contribution in [0.3, 0.4) is 0 Å². The Morgan fingerprint density at radius 3 is 2.92 bits per heavy atom. The molecular weight excluding hydrogens is 318 g/mol. The number of pyridine rings is 1. The first-order valence-electron chi connectivity index (χ1n) is 8.12. The van der Waals surface area contributed by atoms with Crippen LogP contribution in [0.1, 0.15) is 12.8 Å². The lowest BCUT2D eigenvalue weighted by molar-refractivity contribution is 0.768. The van der Waals surface area contributed by atoms with Gasteiger partial charge in [0.1, 0.15) is 5.82 Å². The maximum absolute atomic E-state index is 5.50. The third-order valence-corrected chi connectivity index (χ3v) is 4.77. The number of benzene rings is 1. The van der Waals surface area contributed by atoms with Gasteiger partial charge < -0.3 is 10.6 Å². The van der Waals surface area contributed by atoms with Crippen LogP contribution in [0.2, 0.25) is 0 Å². The summed E-state index contributed by atoms with van der Waals surface area (Å²) in [5, 5.41) is 13.2. The zero-order chi connectivity index (χ0) is 16.5. The second-order valence-electron chi connectivity index (χ2n) is 6.17. The van der Waals surface area contributed by atoms with Gasteiger partial charge in [0, 0.05) is 30.4 Å². The van der Waals surface area contributed by atoms with Crippen LogP contribution in [-0.2, 0) is 7.05 Å². The number of rotatable bonds is 3. The zero-order valence-electron chi connectivity index (χ0n) is 13.5. The van der Waals surface area contributed by atoms with Gasteiger partial charge in [-0.3, -0.25) is 4.68 Å². The molecule has 6 heteroatoms. The number of hydrogen-bond donors (Lipinski definition) is 2. The first-order chi connectivity index (χ1) is 11.7. The maximum Gasteiger partial charge on any atom is 0.131 e. The molecule has 0 bridgehead atoms. The van der Waals surface area contributed by atoms with E-state index in [-0.39, 0.29) is 6.04 Å². The van der Waals surface area contributed by atoms with Crippen LogP contribution in [0.5, 0.6) is 0 Å². The molecule has 1 aliphatic heterocycles. The Hall–Kier alpha value is -2.31. The van der Waals surface area contributed by atoms with Gasteiger partial charge in [-0.15, -0.1) is 0 Å². The third kappa shape index (κ3) is 3.02. The van der Waals surface area contributed by atoms with Gasteiger partial charge in [0.2, 0.25) is 0 Å². The van der Waals surface area contributed by atoms with Crippen molar-refractivity contribution in [3.05, 3.63) is 42.9 Å². The molecule has 0 aliphatic carbocycles. The maximum atomic E-state index is 5.50. The van der Waals surface area contributed by atoms with E-state index in [9.17, 15) is 0 Å². The molecule has 0 saturated carbocycles. The largest absolute Gasteiger partial charge is 0.333 e. The summed E-state index contributed by atoms with van der Waals surface area (Å²) in [4.78, 5) is 5.30.